The minimum Gasteiger partial charge on any atom is -0.357 e. The molecule has 0 aliphatic carbocycles. The number of pyridine rings is 1. The van der Waals surface area contributed by atoms with Gasteiger partial charge in [0.05, 0.1) is 18.3 Å². The molecule has 2 N–H and O–H groups in total. The van der Waals surface area contributed by atoms with E-state index in [1.54, 1.807) is 19.1 Å². The van der Waals surface area contributed by atoms with E-state index in [1.165, 1.54) is 0 Å². The molecule has 0 spiro atoms. The molecule has 0 aliphatic heterocycles. The van der Waals surface area contributed by atoms with Gasteiger partial charge < -0.3 is 10.6 Å². The second-order valence-electron chi connectivity index (χ2n) is 7.43. The van der Waals surface area contributed by atoms with Crippen LogP contribution in [0, 0.1) is 26.6 Å². The van der Waals surface area contributed by atoms with Crippen LogP contribution in [-0.2, 0) is 6.54 Å². The summed E-state index contributed by atoms with van der Waals surface area (Å²) in [5.74, 6) is 1.26. The normalized spacial score (nSPS) is 12.7. The first-order valence-corrected chi connectivity index (χ1v) is 10.2. The minimum absolute atomic E-state index is 0.0792. The van der Waals surface area contributed by atoms with Crippen molar-refractivity contribution in [1.29, 1.82) is 0 Å². The third-order valence-electron chi connectivity index (χ3n) is 4.85. The van der Waals surface area contributed by atoms with Gasteiger partial charge in [-0.25, -0.2) is 19.0 Å². The molecule has 2 heterocycles. The number of aryl methyl sites for hydroxylation is 3. The van der Waals surface area contributed by atoms with Gasteiger partial charge in [-0.2, -0.15) is 5.10 Å². The van der Waals surface area contributed by atoms with Gasteiger partial charge in [0, 0.05) is 18.4 Å². The number of halogens is 1. The Morgan fingerprint density at radius 1 is 1.17 bits per heavy atom. The van der Waals surface area contributed by atoms with Crippen molar-refractivity contribution >= 4 is 5.96 Å². The Morgan fingerprint density at radius 2 is 1.97 bits per heavy atom. The fourth-order valence-corrected chi connectivity index (χ4v) is 3.15. The second-order valence-corrected chi connectivity index (χ2v) is 7.43. The lowest BCUT2D eigenvalue weighted by Gasteiger charge is -2.18. The van der Waals surface area contributed by atoms with E-state index >= 15 is 0 Å². The van der Waals surface area contributed by atoms with Crippen molar-refractivity contribution in [3.8, 4) is 5.82 Å². The fraction of sp³-hybridized carbons (Fsp3) is 0.348. The van der Waals surface area contributed by atoms with E-state index in [1.807, 2.05) is 62.8 Å². The molecule has 0 amide bonds. The average Bonchev–Trinajstić information content (AvgIpc) is 3.06. The zero-order valence-electron chi connectivity index (χ0n) is 18.2. The number of guanidine groups is 1. The van der Waals surface area contributed by atoms with Crippen LogP contribution >= 0.6 is 0 Å². The minimum atomic E-state index is -0.197. The quantitative estimate of drug-likeness (QED) is 0.475. The van der Waals surface area contributed by atoms with Gasteiger partial charge in [0.2, 0.25) is 0 Å². The zero-order chi connectivity index (χ0) is 21.7. The Morgan fingerprint density at radius 3 is 2.57 bits per heavy atom. The summed E-state index contributed by atoms with van der Waals surface area (Å²) in [5, 5.41) is 11.0. The standard InChI is InChI=1S/C23H29FN6/c1-6-25-23(28-18(5)20-9-7-15(2)21(24)12-20)27-14-19-8-10-22(26-13-19)30-17(4)11-16(3)29-30/h7-13,18H,6,14H2,1-5H3,(H2,25,27,28). The smallest absolute Gasteiger partial charge is 0.192 e. The Kier molecular flexibility index (Phi) is 6.82. The van der Waals surface area contributed by atoms with Gasteiger partial charge in [0.25, 0.3) is 0 Å². The van der Waals surface area contributed by atoms with Crippen LogP contribution in [0.15, 0.2) is 47.6 Å². The first kappa shape index (κ1) is 21.5. The lowest BCUT2D eigenvalue weighted by molar-refractivity contribution is 0.607. The fourth-order valence-electron chi connectivity index (χ4n) is 3.15. The molecule has 0 aliphatic rings. The largest absolute Gasteiger partial charge is 0.357 e. The van der Waals surface area contributed by atoms with Crippen molar-refractivity contribution in [2.24, 2.45) is 4.99 Å². The van der Waals surface area contributed by atoms with E-state index < -0.39 is 0 Å². The number of nitrogens with one attached hydrogen (secondary N) is 2. The molecule has 1 atom stereocenters. The van der Waals surface area contributed by atoms with Crippen molar-refractivity contribution in [2.75, 3.05) is 6.54 Å². The highest BCUT2D eigenvalue weighted by molar-refractivity contribution is 5.80. The summed E-state index contributed by atoms with van der Waals surface area (Å²) in [5.41, 5.74) is 4.52. The van der Waals surface area contributed by atoms with Gasteiger partial charge in [0.15, 0.2) is 11.8 Å². The molecule has 0 saturated heterocycles. The van der Waals surface area contributed by atoms with Crippen molar-refractivity contribution in [1.82, 2.24) is 25.4 Å². The van der Waals surface area contributed by atoms with Gasteiger partial charge in [0.1, 0.15) is 5.82 Å². The zero-order valence-corrected chi connectivity index (χ0v) is 18.2. The molecule has 0 fully saturated rings. The Bertz CT molecular complexity index is 1020. The summed E-state index contributed by atoms with van der Waals surface area (Å²) < 4.78 is 15.7. The third-order valence-corrected chi connectivity index (χ3v) is 4.85. The van der Waals surface area contributed by atoms with Crippen molar-refractivity contribution in [3.05, 3.63) is 76.5 Å². The molecule has 6 nitrogen and oxygen atoms in total. The van der Waals surface area contributed by atoms with Gasteiger partial charge in [-0.15, -0.1) is 0 Å². The van der Waals surface area contributed by atoms with Crippen molar-refractivity contribution < 1.29 is 4.39 Å². The highest BCUT2D eigenvalue weighted by atomic mass is 19.1. The van der Waals surface area contributed by atoms with Crippen molar-refractivity contribution in [3.63, 3.8) is 0 Å². The molecule has 1 aromatic carbocycles. The topological polar surface area (TPSA) is 67.1 Å². The maximum Gasteiger partial charge on any atom is 0.192 e. The van der Waals surface area contributed by atoms with Gasteiger partial charge >= 0.3 is 0 Å². The van der Waals surface area contributed by atoms with Gasteiger partial charge in [-0.3, -0.25) is 0 Å². The summed E-state index contributed by atoms with van der Waals surface area (Å²) in [4.78, 5) is 9.17. The molecule has 3 aromatic rings. The number of aliphatic imine (C=N–C) groups is 1. The average molecular weight is 409 g/mol. The van der Waals surface area contributed by atoms with Crippen LogP contribution in [0.5, 0.6) is 0 Å². The Hall–Kier alpha value is -3.22. The molecule has 2 aromatic heterocycles. The van der Waals surface area contributed by atoms with Crippen LogP contribution in [-0.4, -0.2) is 27.3 Å². The maximum atomic E-state index is 13.9. The number of nitrogens with zero attached hydrogens (tertiary/aromatic N) is 4. The van der Waals surface area contributed by atoms with E-state index in [-0.39, 0.29) is 11.9 Å². The number of aromatic nitrogens is 3. The molecule has 30 heavy (non-hydrogen) atoms. The van der Waals surface area contributed by atoms with E-state index in [2.05, 4.69) is 25.7 Å². The molecule has 158 valence electrons. The maximum absolute atomic E-state index is 13.9. The lowest BCUT2D eigenvalue weighted by atomic mass is 10.1. The molecule has 3 rings (SSSR count). The Balaban J connectivity index is 1.69. The third kappa shape index (κ3) is 5.23. The number of hydrogen-bond donors (Lipinski definition) is 2. The monoisotopic (exact) mass is 408 g/mol. The molecular weight excluding hydrogens is 379 g/mol. The van der Waals surface area contributed by atoms with Crippen LogP contribution in [0.3, 0.4) is 0 Å². The highest BCUT2D eigenvalue weighted by Crippen LogP contribution is 2.16. The van der Waals surface area contributed by atoms with Crippen LogP contribution in [0.2, 0.25) is 0 Å². The molecule has 7 heteroatoms. The van der Waals surface area contributed by atoms with Crippen LogP contribution in [0.25, 0.3) is 5.82 Å². The van der Waals surface area contributed by atoms with Crippen LogP contribution < -0.4 is 10.6 Å². The SMILES string of the molecule is CCNC(=NCc1ccc(-n2nc(C)cc2C)nc1)NC(C)c1ccc(C)c(F)c1. The molecular formula is C23H29FN6. The van der Waals surface area contributed by atoms with Crippen LogP contribution in [0.4, 0.5) is 4.39 Å². The lowest BCUT2D eigenvalue weighted by Crippen LogP contribution is -2.38. The van der Waals surface area contributed by atoms with Crippen molar-refractivity contribution in [2.45, 2.75) is 47.2 Å². The van der Waals surface area contributed by atoms with E-state index in [0.29, 0.717) is 18.1 Å². The predicted octanol–water partition coefficient (Wildman–Crippen LogP) is 4.15. The van der Waals surface area contributed by atoms with Gasteiger partial charge in [-0.05, 0) is 69.5 Å². The molecule has 1 unspecified atom stereocenters. The number of rotatable bonds is 6. The van der Waals surface area contributed by atoms with E-state index in [0.717, 1.165) is 34.9 Å². The Labute approximate surface area is 177 Å². The predicted molar refractivity (Wildman–Crippen MR) is 118 cm³/mol. The van der Waals surface area contributed by atoms with Gasteiger partial charge in [-0.1, -0.05) is 18.2 Å². The summed E-state index contributed by atoms with van der Waals surface area (Å²) >= 11 is 0. The first-order valence-electron chi connectivity index (χ1n) is 10.2. The van der Waals surface area contributed by atoms with E-state index in [9.17, 15) is 4.39 Å². The first-order chi connectivity index (χ1) is 14.4. The molecule has 0 bridgehead atoms. The molecule has 0 saturated carbocycles. The molecule has 0 radical (unpaired) electrons. The summed E-state index contributed by atoms with van der Waals surface area (Å²) in [6.45, 7) is 10.9. The number of benzene rings is 1. The summed E-state index contributed by atoms with van der Waals surface area (Å²) in [6, 6.07) is 11.2. The van der Waals surface area contributed by atoms with E-state index in [4.69, 9.17) is 0 Å². The summed E-state index contributed by atoms with van der Waals surface area (Å²) in [6.07, 6.45) is 1.82. The highest BCUT2D eigenvalue weighted by Gasteiger charge is 2.10. The van der Waals surface area contributed by atoms with Crippen LogP contribution in [0.1, 0.15) is 48.0 Å². The second kappa shape index (κ2) is 9.52. The number of hydrogen-bond acceptors (Lipinski definition) is 3. The summed E-state index contributed by atoms with van der Waals surface area (Å²) in [7, 11) is 0.